The lowest BCUT2D eigenvalue weighted by Gasteiger charge is -2.15. The highest BCUT2D eigenvalue weighted by Gasteiger charge is 2.14. The number of pyridine rings is 1. The minimum atomic E-state index is 0.280. The second-order valence-corrected chi connectivity index (χ2v) is 6.33. The van der Waals surface area contributed by atoms with Crippen molar-refractivity contribution in [3.8, 4) is 16.9 Å². The Morgan fingerprint density at radius 2 is 1.96 bits per heavy atom. The zero-order chi connectivity index (χ0) is 18.1. The fourth-order valence-corrected chi connectivity index (χ4v) is 2.84. The molecule has 0 amide bonds. The van der Waals surface area contributed by atoms with Crippen LogP contribution in [-0.2, 0) is 6.54 Å². The molecule has 0 saturated carbocycles. The summed E-state index contributed by atoms with van der Waals surface area (Å²) in [6.07, 6.45) is 10.7. The van der Waals surface area contributed by atoms with E-state index in [-0.39, 0.29) is 6.04 Å². The molecule has 0 bridgehead atoms. The van der Waals surface area contributed by atoms with E-state index in [4.69, 9.17) is 0 Å². The molecule has 0 aliphatic carbocycles. The Balaban J connectivity index is 1.82. The smallest absolute Gasteiger partial charge is 0.167 e. The van der Waals surface area contributed by atoms with E-state index in [0.29, 0.717) is 5.82 Å². The van der Waals surface area contributed by atoms with Gasteiger partial charge in [-0.2, -0.15) is 14.9 Å². The lowest BCUT2D eigenvalue weighted by atomic mass is 10.1. The topological polar surface area (TPSA) is 86.3 Å². The summed E-state index contributed by atoms with van der Waals surface area (Å²) in [6.45, 7) is 7.11. The fraction of sp³-hybridized carbons (Fsp3) is 0.278. The number of anilines is 1. The van der Waals surface area contributed by atoms with Gasteiger partial charge in [0.1, 0.15) is 6.33 Å². The maximum Gasteiger partial charge on any atom is 0.167 e. The molecule has 0 spiro atoms. The van der Waals surface area contributed by atoms with Crippen LogP contribution >= 0.6 is 0 Å². The zero-order valence-electron chi connectivity index (χ0n) is 15.0. The molecule has 8 nitrogen and oxygen atoms in total. The Hall–Kier alpha value is -3.29. The summed E-state index contributed by atoms with van der Waals surface area (Å²) in [6, 6.07) is 2.27. The van der Waals surface area contributed by atoms with Gasteiger partial charge in [0, 0.05) is 54.1 Å². The van der Waals surface area contributed by atoms with Crippen molar-refractivity contribution in [1.29, 1.82) is 0 Å². The van der Waals surface area contributed by atoms with Gasteiger partial charge < -0.3 is 5.32 Å². The highest BCUT2D eigenvalue weighted by atomic mass is 15.3. The van der Waals surface area contributed by atoms with Crippen LogP contribution in [0.25, 0.3) is 28.0 Å². The summed E-state index contributed by atoms with van der Waals surface area (Å²) in [4.78, 5) is 13.0. The van der Waals surface area contributed by atoms with E-state index < -0.39 is 0 Å². The van der Waals surface area contributed by atoms with Gasteiger partial charge in [-0.05, 0) is 20.8 Å². The Labute approximate surface area is 150 Å². The number of hydrogen-bond donors (Lipinski definition) is 1. The summed E-state index contributed by atoms with van der Waals surface area (Å²) < 4.78 is 3.63. The Kier molecular flexibility index (Phi) is 4.08. The molecule has 0 saturated heterocycles. The van der Waals surface area contributed by atoms with Gasteiger partial charge in [0.05, 0.1) is 17.8 Å². The molecule has 4 heterocycles. The van der Waals surface area contributed by atoms with E-state index >= 15 is 0 Å². The average molecular weight is 348 g/mol. The summed E-state index contributed by atoms with van der Waals surface area (Å²) in [5, 5.41) is 13.2. The quantitative estimate of drug-likeness (QED) is 0.597. The second-order valence-electron chi connectivity index (χ2n) is 6.33. The molecule has 0 radical (unpaired) electrons. The highest BCUT2D eigenvalue weighted by molar-refractivity contribution is 5.79. The number of rotatable bonds is 5. The standard InChI is InChI=1S/C18H20N8/c1-4-25-10-14(8-22-25)15-9-20-17(5-16(15)24-12(2)3)26-18-13(7-23-26)6-19-11-21-18/h5-12H,4H2,1-3H3,(H,20,24). The minimum absolute atomic E-state index is 0.280. The molecule has 0 aliphatic heterocycles. The normalized spacial score (nSPS) is 11.4. The van der Waals surface area contributed by atoms with Crippen LogP contribution in [0.3, 0.4) is 0 Å². The second kappa shape index (κ2) is 6.55. The summed E-state index contributed by atoms with van der Waals surface area (Å²) >= 11 is 0. The first-order valence-electron chi connectivity index (χ1n) is 8.59. The number of fused-ring (bicyclic) bond motifs is 1. The van der Waals surface area contributed by atoms with E-state index in [0.717, 1.165) is 34.4 Å². The van der Waals surface area contributed by atoms with E-state index in [2.05, 4.69) is 51.2 Å². The maximum atomic E-state index is 4.61. The number of nitrogens with zero attached hydrogens (tertiary/aromatic N) is 7. The first kappa shape index (κ1) is 16.2. The van der Waals surface area contributed by atoms with Crippen molar-refractivity contribution in [2.24, 2.45) is 0 Å². The van der Waals surface area contributed by atoms with E-state index in [1.54, 1.807) is 17.1 Å². The largest absolute Gasteiger partial charge is 0.382 e. The lowest BCUT2D eigenvalue weighted by molar-refractivity contribution is 0.660. The number of hydrogen-bond acceptors (Lipinski definition) is 6. The Morgan fingerprint density at radius 1 is 1.08 bits per heavy atom. The molecule has 0 fully saturated rings. The van der Waals surface area contributed by atoms with Crippen molar-refractivity contribution < 1.29 is 0 Å². The maximum absolute atomic E-state index is 4.61. The third-order valence-electron chi connectivity index (χ3n) is 4.05. The number of aryl methyl sites for hydroxylation is 1. The third-order valence-corrected chi connectivity index (χ3v) is 4.05. The molecule has 0 atom stereocenters. The molecule has 4 aromatic heterocycles. The average Bonchev–Trinajstić information content (AvgIpc) is 3.28. The van der Waals surface area contributed by atoms with Crippen molar-refractivity contribution in [2.75, 3.05) is 5.32 Å². The molecular formula is C18H20N8. The molecule has 4 aromatic rings. The van der Waals surface area contributed by atoms with Crippen molar-refractivity contribution in [3.63, 3.8) is 0 Å². The van der Waals surface area contributed by atoms with Gasteiger partial charge in [-0.25, -0.2) is 15.0 Å². The lowest BCUT2D eigenvalue weighted by Crippen LogP contribution is -2.12. The molecule has 1 N–H and O–H groups in total. The van der Waals surface area contributed by atoms with Crippen molar-refractivity contribution >= 4 is 16.7 Å². The summed E-state index contributed by atoms with van der Waals surface area (Å²) in [5.41, 5.74) is 3.75. The Morgan fingerprint density at radius 3 is 2.73 bits per heavy atom. The Bertz CT molecular complexity index is 1050. The molecule has 26 heavy (non-hydrogen) atoms. The molecule has 0 unspecified atom stereocenters. The van der Waals surface area contributed by atoms with Gasteiger partial charge in [-0.1, -0.05) is 0 Å². The number of aromatic nitrogens is 7. The molecule has 0 aromatic carbocycles. The van der Waals surface area contributed by atoms with E-state index in [9.17, 15) is 0 Å². The SMILES string of the molecule is CCn1cc(-c2cnc(-n3ncc4cncnc43)cc2NC(C)C)cn1. The van der Waals surface area contributed by atoms with Gasteiger partial charge >= 0.3 is 0 Å². The first-order chi connectivity index (χ1) is 12.7. The molecule has 132 valence electrons. The van der Waals surface area contributed by atoms with Gasteiger partial charge in [0.2, 0.25) is 0 Å². The van der Waals surface area contributed by atoms with Gasteiger partial charge in [0.25, 0.3) is 0 Å². The molecular weight excluding hydrogens is 328 g/mol. The van der Waals surface area contributed by atoms with Crippen LogP contribution in [0.15, 0.2) is 43.4 Å². The van der Waals surface area contributed by atoms with Crippen molar-refractivity contribution in [3.05, 3.63) is 43.4 Å². The van der Waals surface area contributed by atoms with Gasteiger partial charge in [0.15, 0.2) is 11.5 Å². The van der Waals surface area contributed by atoms with Crippen molar-refractivity contribution in [1.82, 2.24) is 34.5 Å². The van der Waals surface area contributed by atoms with Crippen LogP contribution in [-0.4, -0.2) is 40.6 Å². The predicted octanol–water partition coefficient (Wildman–Crippen LogP) is 2.91. The van der Waals surface area contributed by atoms with Crippen LogP contribution in [0.2, 0.25) is 0 Å². The third kappa shape index (κ3) is 2.90. The fourth-order valence-electron chi connectivity index (χ4n) is 2.84. The number of nitrogens with one attached hydrogen (secondary N) is 1. The van der Waals surface area contributed by atoms with E-state index in [1.807, 2.05) is 29.3 Å². The van der Waals surface area contributed by atoms with Crippen LogP contribution in [0.1, 0.15) is 20.8 Å². The van der Waals surface area contributed by atoms with Crippen LogP contribution in [0.4, 0.5) is 5.69 Å². The summed E-state index contributed by atoms with van der Waals surface area (Å²) in [5.74, 6) is 0.702. The van der Waals surface area contributed by atoms with E-state index in [1.165, 1.54) is 6.33 Å². The monoisotopic (exact) mass is 348 g/mol. The molecule has 4 rings (SSSR count). The highest BCUT2D eigenvalue weighted by Crippen LogP contribution is 2.29. The minimum Gasteiger partial charge on any atom is -0.382 e. The van der Waals surface area contributed by atoms with Crippen molar-refractivity contribution in [2.45, 2.75) is 33.4 Å². The van der Waals surface area contributed by atoms with Crippen LogP contribution in [0.5, 0.6) is 0 Å². The summed E-state index contributed by atoms with van der Waals surface area (Å²) in [7, 11) is 0. The van der Waals surface area contributed by atoms with Crippen LogP contribution in [0, 0.1) is 0 Å². The molecule has 0 aliphatic rings. The zero-order valence-corrected chi connectivity index (χ0v) is 15.0. The van der Waals surface area contributed by atoms with Gasteiger partial charge in [-0.3, -0.25) is 4.68 Å². The predicted molar refractivity (Wildman–Crippen MR) is 100 cm³/mol. The van der Waals surface area contributed by atoms with Crippen LogP contribution < -0.4 is 5.32 Å². The first-order valence-corrected chi connectivity index (χ1v) is 8.59. The molecule has 8 heteroatoms. The van der Waals surface area contributed by atoms with Gasteiger partial charge in [-0.15, -0.1) is 0 Å².